The number of aryl methyl sites for hydroxylation is 3. The number of rotatable bonds is 6. The van der Waals surface area contributed by atoms with E-state index in [-0.39, 0.29) is 12.1 Å². The largest absolute Gasteiger partial charge is 0.321 e. The van der Waals surface area contributed by atoms with Crippen LogP contribution in [0.5, 0.6) is 0 Å². The van der Waals surface area contributed by atoms with Crippen molar-refractivity contribution < 1.29 is 4.79 Å². The van der Waals surface area contributed by atoms with Crippen molar-refractivity contribution in [1.29, 1.82) is 5.26 Å². The van der Waals surface area contributed by atoms with Gasteiger partial charge in [0, 0.05) is 0 Å². The lowest BCUT2D eigenvalue weighted by atomic mass is 10.0. The zero-order valence-electron chi connectivity index (χ0n) is 18.5. The Morgan fingerprint density at radius 2 is 1.77 bits per heavy atom. The van der Waals surface area contributed by atoms with Crippen LogP contribution in [-0.2, 0) is 24.2 Å². The van der Waals surface area contributed by atoms with E-state index in [2.05, 4.69) is 15.5 Å². The quantitative estimate of drug-likeness (QED) is 0.662. The minimum absolute atomic E-state index is 0.0571. The van der Waals surface area contributed by atoms with Crippen LogP contribution in [-0.4, -0.2) is 25.5 Å². The fourth-order valence-corrected chi connectivity index (χ4v) is 3.62. The van der Waals surface area contributed by atoms with Crippen LogP contribution in [0.3, 0.4) is 0 Å². The molecule has 8 nitrogen and oxygen atoms in total. The minimum Gasteiger partial charge on any atom is -0.321 e. The molecule has 0 radical (unpaired) electrons. The summed E-state index contributed by atoms with van der Waals surface area (Å²) in [6.07, 6.45) is 1.11. The maximum Gasteiger partial charge on any atom is 0.285 e. The highest BCUT2D eigenvalue weighted by molar-refractivity contribution is 5.91. The molecule has 0 unspecified atom stereocenters. The van der Waals surface area contributed by atoms with E-state index in [4.69, 9.17) is 0 Å². The number of benzene rings is 1. The van der Waals surface area contributed by atoms with Gasteiger partial charge < -0.3 is 5.32 Å². The van der Waals surface area contributed by atoms with Crippen molar-refractivity contribution in [2.45, 2.75) is 54.0 Å². The second-order valence-electron chi connectivity index (χ2n) is 7.42. The molecule has 1 amide bonds. The molecule has 0 aliphatic rings. The molecule has 1 aromatic carbocycles. The maximum atomic E-state index is 12.8. The third kappa shape index (κ3) is 4.26. The number of carbonyl (C=O) groups excluding carboxylic acids is 1. The van der Waals surface area contributed by atoms with Gasteiger partial charge in [-0.25, -0.2) is 9.36 Å². The Morgan fingerprint density at radius 3 is 2.35 bits per heavy atom. The molecule has 0 atom stereocenters. The van der Waals surface area contributed by atoms with Crippen LogP contribution < -0.4 is 10.9 Å². The summed E-state index contributed by atoms with van der Waals surface area (Å²) in [6, 6.07) is 9.91. The first kappa shape index (κ1) is 22.0. The van der Waals surface area contributed by atoms with Gasteiger partial charge in [-0.15, -0.1) is 0 Å². The molecule has 31 heavy (non-hydrogen) atoms. The van der Waals surface area contributed by atoms with Gasteiger partial charge in [0.2, 0.25) is 5.91 Å². The summed E-state index contributed by atoms with van der Waals surface area (Å²) in [5.74, 6) is -0.403. The highest BCUT2D eigenvalue weighted by Gasteiger charge is 2.19. The summed E-state index contributed by atoms with van der Waals surface area (Å²) >= 11 is 0. The van der Waals surface area contributed by atoms with Gasteiger partial charge >= 0.3 is 0 Å². The number of nitriles is 1. The second kappa shape index (κ2) is 8.96. The Kier molecular flexibility index (Phi) is 6.35. The first-order valence-corrected chi connectivity index (χ1v) is 10.3. The standard InChI is InChI=1S/C23H26N6O2/c1-6-18-19(12-24)23(31)28(27-20(18)7-2)13-21(30)25-22-15(4)26-29(16(22)5)17-10-8-14(3)9-11-17/h8-11H,6-7,13H2,1-5H3,(H,25,30). The summed E-state index contributed by atoms with van der Waals surface area (Å²) in [4.78, 5) is 25.4. The molecule has 2 heterocycles. The number of aromatic nitrogens is 4. The van der Waals surface area contributed by atoms with E-state index in [9.17, 15) is 14.9 Å². The van der Waals surface area contributed by atoms with Crippen LogP contribution in [0, 0.1) is 32.1 Å². The fourth-order valence-electron chi connectivity index (χ4n) is 3.62. The molecular formula is C23H26N6O2. The van der Waals surface area contributed by atoms with Gasteiger partial charge in [0.25, 0.3) is 5.56 Å². The number of anilines is 1. The van der Waals surface area contributed by atoms with Gasteiger partial charge in [-0.2, -0.15) is 15.5 Å². The van der Waals surface area contributed by atoms with Crippen LogP contribution in [0.1, 0.15) is 47.6 Å². The van der Waals surface area contributed by atoms with Crippen LogP contribution in [0.2, 0.25) is 0 Å². The van der Waals surface area contributed by atoms with E-state index in [1.807, 2.05) is 65.0 Å². The molecule has 2 aromatic heterocycles. The van der Waals surface area contributed by atoms with Crippen molar-refractivity contribution in [2.75, 3.05) is 5.32 Å². The monoisotopic (exact) mass is 418 g/mol. The van der Waals surface area contributed by atoms with E-state index in [0.717, 1.165) is 21.6 Å². The molecule has 0 fully saturated rings. The predicted octanol–water partition coefficient (Wildman–Crippen LogP) is 2.99. The Bertz CT molecular complexity index is 1230. The van der Waals surface area contributed by atoms with Crippen molar-refractivity contribution in [3.05, 3.63) is 68.4 Å². The number of carbonyl (C=O) groups is 1. The summed E-state index contributed by atoms with van der Waals surface area (Å²) in [5, 5.41) is 21.2. The average molecular weight is 419 g/mol. The van der Waals surface area contributed by atoms with Gasteiger partial charge in [0.1, 0.15) is 18.2 Å². The summed E-state index contributed by atoms with van der Waals surface area (Å²) in [5.41, 5.74) is 4.91. The maximum absolute atomic E-state index is 12.8. The molecular weight excluding hydrogens is 392 g/mol. The van der Waals surface area contributed by atoms with E-state index < -0.39 is 11.5 Å². The van der Waals surface area contributed by atoms with E-state index >= 15 is 0 Å². The number of hydrogen-bond acceptors (Lipinski definition) is 5. The van der Waals surface area contributed by atoms with Gasteiger partial charge in [-0.1, -0.05) is 31.5 Å². The molecule has 0 bridgehead atoms. The van der Waals surface area contributed by atoms with Crippen LogP contribution in [0.15, 0.2) is 29.1 Å². The zero-order valence-corrected chi connectivity index (χ0v) is 18.5. The Labute approximate surface area is 181 Å². The third-order valence-corrected chi connectivity index (χ3v) is 5.27. The van der Waals surface area contributed by atoms with Crippen LogP contribution >= 0.6 is 0 Å². The van der Waals surface area contributed by atoms with Crippen LogP contribution in [0.4, 0.5) is 5.69 Å². The van der Waals surface area contributed by atoms with E-state index in [1.165, 1.54) is 0 Å². The molecule has 0 spiro atoms. The highest BCUT2D eigenvalue weighted by atomic mass is 16.2. The van der Waals surface area contributed by atoms with Gasteiger partial charge in [-0.3, -0.25) is 9.59 Å². The lowest BCUT2D eigenvalue weighted by molar-refractivity contribution is -0.117. The fraction of sp³-hybridized carbons (Fsp3) is 0.348. The molecule has 3 rings (SSSR count). The Morgan fingerprint density at radius 1 is 1.10 bits per heavy atom. The minimum atomic E-state index is -0.546. The average Bonchev–Trinajstić information content (AvgIpc) is 3.03. The predicted molar refractivity (Wildman–Crippen MR) is 118 cm³/mol. The molecule has 8 heteroatoms. The number of nitrogens with one attached hydrogen (secondary N) is 1. The van der Waals surface area contributed by atoms with Gasteiger partial charge in [0.15, 0.2) is 0 Å². The topological polar surface area (TPSA) is 106 Å². The molecule has 3 aromatic rings. The van der Waals surface area contributed by atoms with Crippen molar-refractivity contribution in [3.8, 4) is 11.8 Å². The summed E-state index contributed by atoms with van der Waals surface area (Å²) in [7, 11) is 0. The van der Waals surface area contributed by atoms with E-state index in [1.54, 1.807) is 4.68 Å². The number of nitrogens with zero attached hydrogens (tertiary/aromatic N) is 5. The van der Waals surface area contributed by atoms with Crippen molar-refractivity contribution in [2.24, 2.45) is 0 Å². The van der Waals surface area contributed by atoms with Crippen molar-refractivity contribution >= 4 is 11.6 Å². The molecule has 0 saturated heterocycles. The zero-order chi connectivity index (χ0) is 22.7. The second-order valence-corrected chi connectivity index (χ2v) is 7.42. The van der Waals surface area contributed by atoms with Crippen molar-refractivity contribution in [1.82, 2.24) is 19.6 Å². The smallest absolute Gasteiger partial charge is 0.285 e. The van der Waals surface area contributed by atoms with E-state index in [0.29, 0.717) is 35.5 Å². The summed E-state index contributed by atoms with van der Waals surface area (Å²) in [6.45, 7) is 9.21. The Balaban J connectivity index is 1.89. The van der Waals surface area contributed by atoms with Crippen molar-refractivity contribution in [3.63, 3.8) is 0 Å². The lowest BCUT2D eigenvalue weighted by Gasteiger charge is -2.12. The molecule has 1 N–H and O–H groups in total. The van der Waals surface area contributed by atoms with Gasteiger partial charge in [-0.05, 0) is 51.3 Å². The highest BCUT2D eigenvalue weighted by Crippen LogP contribution is 2.23. The SMILES string of the molecule is CCc1nn(CC(=O)Nc2c(C)nn(-c3ccc(C)cc3)c2C)c(=O)c(C#N)c1CC. The molecule has 0 saturated carbocycles. The molecule has 160 valence electrons. The normalized spacial score (nSPS) is 10.7. The molecule has 0 aliphatic carbocycles. The van der Waals surface area contributed by atoms with Crippen LogP contribution in [0.25, 0.3) is 5.69 Å². The number of hydrogen-bond donors (Lipinski definition) is 1. The first-order chi connectivity index (χ1) is 14.8. The first-order valence-electron chi connectivity index (χ1n) is 10.3. The summed E-state index contributed by atoms with van der Waals surface area (Å²) < 4.78 is 2.84. The Hall–Kier alpha value is -3.73. The van der Waals surface area contributed by atoms with Gasteiger partial charge in [0.05, 0.1) is 28.5 Å². The molecule has 0 aliphatic heterocycles. The lowest BCUT2D eigenvalue weighted by Crippen LogP contribution is -2.33. The third-order valence-electron chi connectivity index (χ3n) is 5.27. The number of amides is 1.